The number of methoxy groups -OCH3 is 2. The molecule has 6 unspecified atom stereocenters. The van der Waals surface area contributed by atoms with E-state index < -0.39 is 0 Å². The van der Waals surface area contributed by atoms with Crippen molar-refractivity contribution in [1.82, 2.24) is 0 Å². The molecule has 0 aliphatic heterocycles. The Labute approximate surface area is 207 Å². The van der Waals surface area contributed by atoms with Crippen LogP contribution in [0.3, 0.4) is 0 Å². The van der Waals surface area contributed by atoms with E-state index in [-0.39, 0.29) is 0 Å². The van der Waals surface area contributed by atoms with Gasteiger partial charge in [-0.25, -0.2) is 0 Å². The summed E-state index contributed by atoms with van der Waals surface area (Å²) in [6, 6.07) is 12.6. The summed E-state index contributed by atoms with van der Waals surface area (Å²) >= 11 is 0. The Hall–Kier alpha value is -1.93. The molecule has 4 nitrogen and oxygen atoms in total. The second kappa shape index (κ2) is 9.61. The Morgan fingerprint density at radius 3 is 2.53 bits per heavy atom. The van der Waals surface area contributed by atoms with Crippen molar-refractivity contribution in [2.45, 2.75) is 58.3 Å². The maximum atomic E-state index is 6.18. The van der Waals surface area contributed by atoms with E-state index in [1.165, 1.54) is 37.7 Å². The zero-order valence-electron chi connectivity index (χ0n) is 21.0. The Kier molecular flexibility index (Phi) is 6.73. The van der Waals surface area contributed by atoms with Gasteiger partial charge in [-0.3, -0.25) is 0 Å². The van der Waals surface area contributed by atoms with Gasteiger partial charge in [0.25, 0.3) is 0 Å². The fourth-order valence-corrected chi connectivity index (χ4v) is 7.98. The minimum atomic E-state index is 0.428. The summed E-state index contributed by atoms with van der Waals surface area (Å²) in [5.74, 6) is 7.05. The molecule has 0 saturated heterocycles. The average molecular weight is 483 g/mol. The van der Waals surface area contributed by atoms with Crippen LogP contribution in [0.1, 0.15) is 63.0 Å². The first-order chi connectivity index (χ1) is 16.5. The minimum absolute atomic E-state index is 0.428. The fraction of sp³-hybridized carbons (Fsp3) is 0.586. The molecule has 0 aromatic heterocycles. The third-order valence-electron chi connectivity index (χ3n) is 9.47. The van der Waals surface area contributed by atoms with Crippen LogP contribution < -0.4 is 18.7 Å². The van der Waals surface area contributed by atoms with Gasteiger partial charge in [-0.05, 0) is 109 Å². The number of hydrogen-bond donors (Lipinski definition) is 0. The zero-order valence-corrected chi connectivity index (χ0v) is 22.2. The molecule has 3 aliphatic carbocycles. The molecule has 5 rings (SSSR count). The lowest BCUT2D eigenvalue weighted by Gasteiger charge is -2.53. The zero-order chi connectivity index (χ0) is 23.9. The van der Waals surface area contributed by atoms with Crippen LogP contribution in [0.5, 0.6) is 23.0 Å². The second-order valence-electron chi connectivity index (χ2n) is 10.9. The van der Waals surface area contributed by atoms with Gasteiger partial charge in [0.15, 0.2) is 11.5 Å². The predicted octanol–water partition coefficient (Wildman–Crippen LogP) is 7.06. The van der Waals surface area contributed by atoms with Gasteiger partial charge in [0.1, 0.15) is 11.5 Å². The number of rotatable bonds is 7. The van der Waals surface area contributed by atoms with Crippen LogP contribution in [0.25, 0.3) is 0 Å². The molecule has 2 aromatic carbocycles. The maximum absolute atomic E-state index is 6.18. The molecule has 0 bridgehead atoms. The van der Waals surface area contributed by atoms with Crippen molar-refractivity contribution < 1.29 is 18.7 Å². The summed E-state index contributed by atoms with van der Waals surface area (Å²) < 4.78 is 22.4. The Morgan fingerprint density at radius 2 is 1.76 bits per heavy atom. The van der Waals surface area contributed by atoms with Crippen LogP contribution in [0.2, 0.25) is 0 Å². The number of benzene rings is 2. The third kappa shape index (κ3) is 4.06. The summed E-state index contributed by atoms with van der Waals surface area (Å²) in [7, 11) is 5.71. The monoisotopic (exact) mass is 482 g/mol. The molecule has 2 fully saturated rings. The molecule has 3 aliphatic rings. The summed E-state index contributed by atoms with van der Waals surface area (Å²) in [6.07, 6.45) is 7.64. The molecule has 34 heavy (non-hydrogen) atoms. The lowest BCUT2D eigenvalue weighted by Crippen LogP contribution is -2.45. The third-order valence-corrected chi connectivity index (χ3v) is 9.74. The van der Waals surface area contributed by atoms with Crippen LogP contribution >= 0.6 is 9.47 Å². The van der Waals surface area contributed by atoms with Gasteiger partial charge in [-0.2, -0.15) is 0 Å². The van der Waals surface area contributed by atoms with Gasteiger partial charge in [0, 0.05) is 6.07 Å². The molecule has 0 N–H and O–H groups in total. The highest BCUT2D eigenvalue weighted by Crippen LogP contribution is 2.64. The lowest BCUT2D eigenvalue weighted by atomic mass is 9.51. The average Bonchev–Trinajstić information content (AvgIpc) is 3.19. The van der Waals surface area contributed by atoms with E-state index in [9.17, 15) is 0 Å². The number of ether oxygens (including phenoxy) is 3. The smallest absolute Gasteiger partial charge is 0.164 e. The van der Waals surface area contributed by atoms with Gasteiger partial charge in [0.2, 0.25) is 0 Å². The summed E-state index contributed by atoms with van der Waals surface area (Å²) in [4.78, 5) is 0. The first-order valence-electron chi connectivity index (χ1n) is 12.8. The van der Waals surface area contributed by atoms with Gasteiger partial charge in [-0.15, -0.1) is 0 Å². The highest BCUT2D eigenvalue weighted by Gasteiger charge is 2.55. The predicted molar refractivity (Wildman–Crippen MR) is 139 cm³/mol. The lowest BCUT2D eigenvalue weighted by molar-refractivity contribution is 0.000926. The summed E-state index contributed by atoms with van der Waals surface area (Å²) in [5, 5.41) is 0. The van der Waals surface area contributed by atoms with E-state index in [1.54, 1.807) is 19.8 Å². The van der Waals surface area contributed by atoms with E-state index in [4.69, 9.17) is 18.7 Å². The van der Waals surface area contributed by atoms with E-state index >= 15 is 0 Å². The molecule has 0 radical (unpaired) electrons. The maximum Gasteiger partial charge on any atom is 0.164 e. The fourth-order valence-electron chi connectivity index (χ4n) is 7.84. The first-order valence-corrected chi connectivity index (χ1v) is 13.3. The molecule has 7 atom stereocenters. The summed E-state index contributed by atoms with van der Waals surface area (Å²) in [5.41, 5.74) is 3.53. The van der Waals surface area contributed by atoms with Gasteiger partial charge >= 0.3 is 0 Å². The highest BCUT2D eigenvalue weighted by atomic mass is 31.0. The highest BCUT2D eigenvalue weighted by molar-refractivity contribution is 7.10. The van der Waals surface area contributed by atoms with Crippen molar-refractivity contribution in [2.75, 3.05) is 20.8 Å². The molecule has 0 amide bonds. The molecule has 0 heterocycles. The summed E-state index contributed by atoms with van der Waals surface area (Å²) in [6.45, 7) is 5.84. The molecular weight excluding hydrogens is 443 g/mol. The van der Waals surface area contributed by atoms with Crippen molar-refractivity contribution in [3.8, 4) is 23.0 Å². The molecular formula is C29H39O4P. The van der Waals surface area contributed by atoms with Crippen LogP contribution in [0.15, 0.2) is 36.4 Å². The number of hydrogen-bond acceptors (Lipinski definition) is 4. The van der Waals surface area contributed by atoms with E-state index in [0.29, 0.717) is 17.1 Å². The second-order valence-corrected chi connectivity index (χ2v) is 11.2. The molecule has 5 heteroatoms. The Balaban J connectivity index is 1.27. The normalized spacial score (nSPS) is 31.7. The molecule has 184 valence electrons. The van der Waals surface area contributed by atoms with Crippen molar-refractivity contribution in [1.29, 1.82) is 0 Å². The van der Waals surface area contributed by atoms with Crippen LogP contribution in [-0.4, -0.2) is 20.8 Å². The van der Waals surface area contributed by atoms with Gasteiger partial charge in [0.05, 0.1) is 30.3 Å². The topological polar surface area (TPSA) is 36.9 Å². The molecule has 0 spiro atoms. The van der Waals surface area contributed by atoms with E-state index in [0.717, 1.165) is 53.9 Å². The Morgan fingerprint density at radius 1 is 0.971 bits per heavy atom. The molecule has 2 saturated carbocycles. The molecule has 2 aromatic rings. The van der Waals surface area contributed by atoms with E-state index in [1.807, 2.05) is 18.2 Å². The van der Waals surface area contributed by atoms with Crippen LogP contribution in [0.4, 0.5) is 0 Å². The van der Waals surface area contributed by atoms with Crippen molar-refractivity contribution >= 4 is 9.47 Å². The van der Waals surface area contributed by atoms with Crippen molar-refractivity contribution in [3.63, 3.8) is 0 Å². The minimum Gasteiger partial charge on any atom is -0.493 e. The first kappa shape index (κ1) is 23.8. The largest absolute Gasteiger partial charge is 0.493 e. The van der Waals surface area contributed by atoms with Gasteiger partial charge < -0.3 is 18.7 Å². The van der Waals surface area contributed by atoms with Crippen molar-refractivity contribution in [3.05, 3.63) is 47.5 Å². The quantitative estimate of drug-likeness (QED) is 0.396. The number of fused-ring (bicyclic) bond motifs is 5. The standard InChI is InChI=1S/C29H39O4P/c1-18-15-19-16-22(33-34)6-8-23(19)24-11-13-29(2)20(5-9-25(29)28(18)24)12-14-32-21-7-10-26(30-3)27(17-21)31-4/h6-8,10,16-18,20,24-25,28H,5,9,11-15,34H2,1-4H3/t18?,20-,24?,25?,28?,29?/m1/s1. The van der Waals surface area contributed by atoms with Gasteiger partial charge in [-0.1, -0.05) is 19.9 Å². The SMILES string of the molecule is COc1ccc(OCC[C@H]2CCC3C4C(C)Cc5cc(OP)ccc5C4CCC32C)cc1OC. The van der Waals surface area contributed by atoms with Crippen LogP contribution in [-0.2, 0) is 6.42 Å². The van der Waals surface area contributed by atoms with Crippen LogP contribution in [0, 0.1) is 29.1 Å². The van der Waals surface area contributed by atoms with Crippen molar-refractivity contribution in [2.24, 2.45) is 29.1 Å². The Bertz CT molecular complexity index is 1020. The van der Waals surface area contributed by atoms with E-state index in [2.05, 4.69) is 41.5 Å².